The second-order valence-corrected chi connectivity index (χ2v) is 7.00. The maximum Gasteiger partial charge on any atom is 0.245 e. The third-order valence-electron chi connectivity index (χ3n) is 3.65. The first-order valence-corrected chi connectivity index (χ1v) is 7.81. The van der Waals surface area contributed by atoms with Crippen molar-refractivity contribution in [1.82, 2.24) is 9.62 Å². The molecule has 1 unspecified atom stereocenters. The summed E-state index contributed by atoms with van der Waals surface area (Å²) in [7, 11) is -3.54. The second kappa shape index (κ2) is 4.97. The molecule has 2 amide bonds. The molecule has 2 aliphatic rings. The number of carbonyl (C=O) groups is 2. The molecule has 0 bridgehead atoms. The topological polar surface area (TPSA) is 83.6 Å². The van der Waals surface area contributed by atoms with E-state index in [0.29, 0.717) is 19.3 Å². The summed E-state index contributed by atoms with van der Waals surface area (Å²) in [5, 5.41) is 1.76. The number of amides is 2. The van der Waals surface area contributed by atoms with Crippen molar-refractivity contribution >= 4 is 21.8 Å². The van der Waals surface area contributed by atoms with Gasteiger partial charge in [0.2, 0.25) is 21.8 Å². The Morgan fingerprint density at radius 3 is 2.44 bits per heavy atom. The molecule has 6 nitrogen and oxygen atoms in total. The number of rotatable bonds is 3. The van der Waals surface area contributed by atoms with Gasteiger partial charge in [0.1, 0.15) is 6.04 Å². The highest BCUT2D eigenvalue weighted by Gasteiger charge is 2.43. The summed E-state index contributed by atoms with van der Waals surface area (Å²) < 4.78 is 26.0. The zero-order valence-corrected chi connectivity index (χ0v) is 11.2. The standard InChI is InChI=1S/C11H18N2O4S/c1-2-9-11(15)12-10(14)7-13(9)18(16,17)8-5-3-4-6-8/h8-9H,2-7H2,1H3,(H,12,14,15). The summed E-state index contributed by atoms with van der Waals surface area (Å²) in [5.41, 5.74) is 0. The van der Waals surface area contributed by atoms with Gasteiger partial charge in [0, 0.05) is 0 Å². The van der Waals surface area contributed by atoms with Crippen molar-refractivity contribution in [2.45, 2.75) is 50.3 Å². The molecule has 0 aromatic rings. The predicted octanol–water partition coefficient (Wildman–Crippen LogP) is -0.00420. The molecule has 1 heterocycles. The van der Waals surface area contributed by atoms with Crippen molar-refractivity contribution in [2.75, 3.05) is 6.54 Å². The molecule has 2 rings (SSSR count). The summed E-state index contributed by atoms with van der Waals surface area (Å²) in [6, 6.07) is -0.742. The van der Waals surface area contributed by atoms with Gasteiger partial charge in [-0.3, -0.25) is 14.9 Å². The number of nitrogens with zero attached hydrogens (tertiary/aromatic N) is 1. The minimum atomic E-state index is -3.54. The van der Waals surface area contributed by atoms with E-state index in [0.717, 1.165) is 17.1 Å². The number of sulfonamides is 1. The van der Waals surface area contributed by atoms with Crippen molar-refractivity contribution in [3.05, 3.63) is 0 Å². The molecule has 1 saturated carbocycles. The normalized spacial score (nSPS) is 27.5. The Morgan fingerprint density at radius 1 is 1.28 bits per heavy atom. The maximum atomic E-state index is 12.4. The molecule has 1 atom stereocenters. The zero-order chi connectivity index (χ0) is 13.3. The van der Waals surface area contributed by atoms with E-state index >= 15 is 0 Å². The van der Waals surface area contributed by atoms with Crippen LogP contribution in [-0.2, 0) is 19.6 Å². The smallest absolute Gasteiger partial charge is 0.245 e. The third kappa shape index (κ3) is 2.29. The molecule has 0 spiro atoms. The van der Waals surface area contributed by atoms with Crippen LogP contribution in [0, 0.1) is 0 Å². The van der Waals surface area contributed by atoms with Crippen molar-refractivity contribution in [2.24, 2.45) is 0 Å². The van der Waals surface area contributed by atoms with Gasteiger partial charge in [0.05, 0.1) is 11.8 Å². The third-order valence-corrected chi connectivity index (χ3v) is 6.00. The summed E-state index contributed by atoms with van der Waals surface area (Å²) >= 11 is 0. The van der Waals surface area contributed by atoms with E-state index in [4.69, 9.17) is 0 Å². The molecule has 1 aliphatic heterocycles. The Labute approximate surface area is 107 Å². The molecule has 1 aliphatic carbocycles. The number of piperazine rings is 1. The molecule has 102 valence electrons. The molecule has 18 heavy (non-hydrogen) atoms. The van der Waals surface area contributed by atoms with E-state index in [1.807, 2.05) is 0 Å². The minimum absolute atomic E-state index is 0.233. The van der Waals surface area contributed by atoms with Gasteiger partial charge < -0.3 is 0 Å². The predicted molar refractivity (Wildman–Crippen MR) is 65.1 cm³/mol. The zero-order valence-electron chi connectivity index (χ0n) is 10.4. The fourth-order valence-electron chi connectivity index (χ4n) is 2.68. The van der Waals surface area contributed by atoms with E-state index in [9.17, 15) is 18.0 Å². The summed E-state index contributed by atoms with van der Waals surface area (Å²) in [5.74, 6) is -1.04. The van der Waals surface area contributed by atoms with Gasteiger partial charge in [-0.15, -0.1) is 0 Å². The highest BCUT2D eigenvalue weighted by Crippen LogP contribution is 2.29. The SMILES string of the molecule is CCC1C(=O)NC(=O)CN1S(=O)(=O)C1CCCC1. The number of hydrogen-bond acceptors (Lipinski definition) is 4. The van der Waals surface area contributed by atoms with Crippen LogP contribution in [0.25, 0.3) is 0 Å². The summed E-state index contributed by atoms with van der Waals surface area (Å²) in [6.45, 7) is 1.51. The van der Waals surface area contributed by atoms with E-state index in [1.165, 1.54) is 0 Å². The lowest BCUT2D eigenvalue weighted by Crippen LogP contribution is -2.60. The molecule has 2 fully saturated rings. The van der Waals surface area contributed by atoms with Gasteiger partial charge in [-0.25, -0.2) is 8.42 Å². The van der Waals surface area contributed by atoms with Crippen molar-refractivity contribution in [3.63, 3.8) is 0 Å². The van der Waals surface area contributed by atoms with Crippen LogP contribution in [0.15, 0.2) is 0 Å². The van der Waals surface area contributed by atoms with E-state index in [-0.39, 0.29) is 6.54 Å². The van der Waals surface area contributed by atoms with Crippen LogP contribution >= 0.6 is 0 Å². The Morgan fingerprint density at radius 2 is 1.89 bits per heavy atom. The maximum absolute atomic E-state index is 12.4. The molecular weight excluding hydrogens is 256 g/mol. The monoisotopic (exact) mass is 274 g/mol. The van der Waals surface area contributed by atoms with Gasteiger partial charge in [-0.2, -0.15) is 4.31 Å². The van der Waals surface area contributed by atoms with Crippen LogP contribution in [0.4, 0.5) is 0 Å². The summed E-state index contributed by atoms with van der Waals surface area (Å²) in [6.07, 6.45) is 3.44. The Kier molecular flexibility index (Phi) is 3.72. The highest BCUT2D eigenvalue weighted by molar-refractivity contribution is 7.89. The quantitative estimate of drug-likeness (QED) is 0.734. The first-order valence-electron chi connectivity index (χ1n) is 6.31. The average Bonchev–Trinajstić information content (AvgIpc) is 2.82. The second-order valence-electron chi connectivity index (χ2n) is 4.83. The first-order chi connectivity index (χ1) is 8.46. The fourth-order valence-corrected chi connectivity index (χ4v) is 4.89. The lowest BCUT2D eigenvalue weighted by Gasteiger charge is -2.34. The fraction of sp³-hybridized carbons (Fsp3) is 0.818. The van der Waals surface area contributed by atoms with Crippen molar-refractivity contribution in [1.29, 1.82) is 0 Å². The molecule has 1 saturated heterocycles. The lowest BCUT2D eigenvalue weighted by molar-refractivity contribution is -0.137. The van der Waals surface area contributed by atoms with Crippen LogP contribution in [0.3, 0.4) is 0 Å². The van der Waals surface area contributed by atoms with Crippen LogP contribution in [-0.4, -0.2) is 42.4 Å². The Hall–Kier alpha value is -0.950. The largest absolute Gasteiger partial charge is 0.294 e. The summed E-state index contributed by atoms with van der Waals surface area (Å²) in [4.78, 5) is 23.0. The minimum Gasteiger partial charge on any atom is -0.294 e. The van der Waals surface area contributed by atoms with Gasteiger partial charge in [0.25, 0.3) is 0 Å². The molecule has 0 aromatic heterocycles. The Balaban J connectivity index is 2.28. The van der Waals surface area contributed by atoms with Gasteiger partial charge in [0.15, 0.2) is 0 Å². The molecule has 1 N–H and O–H groups in total. The van der Waals surface area contributed by atoms with Gasteiger partial charge in [-0.05, 0) is 19.3 Å². The van der Waals surface area contributed by atoms with E-state index < -0.39 is 33.1 Å². The first kappa shape index (κ1) is 13.5. The van der Waals surface area contributed by atoms with Gasteiger partial charge >= 0.3 is 0 Å². The molecular formula is C11H18N2O4S. The molecule has 0 aromatic carbocycles. The number of hydrogen-bond donors (Lipinski definition) is 1. The average molecular weight is 274 g/mol. The van der Waals surface area contributed by atoms with E-state index in [2.05, 4.69) is 5.32 Å². The van der Waals surface area contributed by atoms with Crippen LogP contribution in [0.1, 0.15) is 39.0 Å². The number of nitrogens with one attached hydrogen (secondary N) is 1. The van der Waals surface area contributed by atoms with Crippen LogP contribution < -0.4 is 5.32 Å². The molecule has 0 radical (unpaired) electrons. The van der Waals surface area contributed by atoms with E-state index in [1.54, 1.807) is 6.92 Å². The highest BCUT2D eigenvalue weighted by atomic mass is 32.2. The van der Waals surface area contributed by atoms with Crippen molar-refractivity contribution in [3.8, 4) is 0 Å². The van der Waals surface area contributed by atoms with Crippen LogP contribution in [0.5, 0.6) is 0 Å². The lowest BCUT2D eigenvalue weighted by atomic mass is 10.2. The number of imide groups is 1. The Bertz CT molecular complexity index is 454. The van der Waals surface area contributed by atoms with Gasteiger partial charge in [-0.1, -0.05) is 19.8 Å². The van der Waals surface area contributed by atoms with Crippen LogP contribution in [0.2, 0.25) is 0 Å². The van der Waals surface area contributed by atoms with Crippen molar-refractivity contribution < 1.29 is 18.0 Å². The molecule has 7 heteroatoms. The number of carbonyl (C=O) groups excluding carboxylic acids is 2.